The molecule has 0 atom stereocenters. The van der Waals surface area contributed by atoms with Crippen molar-refractivity contribution < 1.29 is 9.59 Å². The SMILES string of the molecule is CCc1cc(C(=O)N2CCN(C(=O)C34CC5CC(CC(C5)C3)C4)CC2)n[nH]1. The van der Waals surface area contributed by atoms with Crippen molar-refractivity contribution in [2.75, 3.05) is 26.2 Å². The largest absolute Gasteiger partial charge is 0.339 e. The van der Waals surface area contributed by atoms with Crippen molar-refractivity contribution in [3.8, 4) is 0 Å². The van der Waals surface area contributed by atoms with Crippen molar-refractivity contribution in [3.05, 3.63) is 17.5 Å². The number of nitrogens with one attached hydrogen (secondary N) is 1. The highest BCUT2D eigenvalue weighted by atomic mass is 16.2. The van der Waals surface area contributed by atoms with Gasteiger partial charge in [0.2, 0.25) is 5.91 Å². The molecule has 4 bridgehead atoms. The maximum Gasteiger partial charge on any atom is 0.274 e. The first kappa shape index (κ1) is 17.3. The molecule has 5 aliphatic rings. The monoisotopic (exact) mass is 370 g/mol. The highest BCUT2D eigenvalue weighted by Gasteiger charge is 2.55. The molecule has 2 heterocycles. The molecule has 1 saturated heterocycles. The molecule has 5 fully saturated rings. The molecular formula is C21H30N4O2. The molecule has 0 spiro atoms. The van der Waals surface area contributed by atoms with Crippen LogP contribution < -0.4 is 0 Å². The average Bonchev–Trinajstić information content (AvgIpc) is 3.15. The lowest BCUT2D eigenvalue weighted by atomic mass is 9.49. The van der Waals surface area contributed by atoms with E-state index in [0.29, 0.717) is 37.8 Å². The minimum Gasteiger partial charge on any atom is -0.339 e. The molecule has 6 nitrogen and oxygen atoms in total. The van der Waals surface area contributed by atoms with Gasteiger partial charge in [0, 0.05) is 31.9 Å². The lowest BCUT2D eigenvalue weighted by Gasteiger charge is -2.57. The number of amides is 2. The summed E-state index contributed by atoms with van der Waals surface area (Å²) >= 11 is 0. The van der Waals surface area contributed by atoms with E-state index in [9.17, 15) is 9.59 Å². The van der Waals surface area contributed by atoms with Gasteiger partial charge < -0.3 is 9.80 Å². The van der Waals surface area contributed by atoms with Crippen molar-refractivity contribution in [2.45, 2.75) is 51.9 Å². The normalized spacial score (nSPS) is 34.9. The second-order valence-corrected chi connectivity index (χ2v) is 9.41. The third-order valence-electron chi connectivity index (χ3n) is 7.58. The summed E-state index contributed by atoms with van der Waals surface area (Å²) in [5.74, 6) is 2.73. The Balaban J connectivity index is 1.23. The number of rotatable bonds is 3. The number of H-pyrrole nitrogens is 1. The fourth-order valence-corrected chi connectivity index (χ4v) is 6.63. The van der Waals surface area contributed by atoms with E-state index in [1.807, 2.05) is 17.9 Å². The number of carbonyl (C=O) groups is 2. The van der Waals surface area contributed by atoms with Gasteiger partial charge in [0.25, 0.3) is 5.91 Å². The topological polar surface area (TPSA) is 69.3 Å². The number of carbonyl (C=O) groups excluding carboxylic acids is 2. The number of aryl methyl sites for hydroxylation is 1. The molecule has 0 aromatic carbocycles. The zero-order valence-corrected chi connectivity index (χ0v) is 16.2. The second kappa shape index (κ2) is 6.35. The van der Waals surface area contributed by atoms with E-state index in [0.717, 1.165) is 49.1 Å². The van der Waals surface area contributed by atoms with Crippen molar-refractivity contribution in [1.82, 2.24) is 20.0 Å². The van der Waals surface area contributed by atoms with Crippen LogP contribution in [0.3, 0.4) is 0 Å². The molecule has 2 amide bonds. The number of piperazine rings is 1. The van der Waals surface area contributed by atoms with E-state index in [-0.39, 0.29) is 11.3 Å². The van der Waals surface area contributed by atoms with E-state index in [4.69, 9.17) is 0 Å². The Bertz CT molecular complexity index is 712. The predicted molar refractivity (Wildman–Crippen MR) is 101 cm³/mol. The van der Waals surface area contributed by atoms with Gasteiger partial charge in [0.1, 0.15) is 5.69 Å². The van der Waals surface area contributed by atoms with E-state index in [2.05, 4.69) is 15.1 Å². The summed E-state index contributed by atoms with van der Waals surface area (Å²) in [6, 6.07) is 1.84. The quantitative estimate of drug-likeness (QED) is 0.889. The summed E-state index contributed by atoms with van der Waals surface area (Å²) in [4.78, 5) is 30.0. The number of nitrogens with zero attached hydrogens (tertiary/aromatic N) is 3. The van der Waals surface area contributed by atoms with Gasteiger partial charge in [0.15, 0.2) is 0 Å². The van der Waals surface area contributed by atoms with Gasteiger partial charge in [-0.3, -0.25) is 14.7 Å². The maximum atomic E-state index is 13.4. The Morgan fingerprint density at radius 2 is 1.59 bits per heavy atom. The summed E-state index contributed by atoms with van der Waals surface area (Å²) < 4.78 is 0. The van der Waals surface area contributed by atoms with Crippen LogP contribution in [0.5, 0.6) is 0 Å². The Hall–Kier alpha value is -1.85. The van der Waals surface area contributed by atoms with Crippen LogP contribution in [0.1, 0.15) is 61.6 Å². The second-order valence-electron chi connectivity index (χ2n) is 9.41. The molecule has 1 aromatic heterocycles. The summed E-state index contributed by atoms with van der Waals surface area (Å²) in [6.07, 6.45) is 8.26. The molecule has 1 aromatic rings. The van der Waals surface area contributed by atoms with E-state index >= 15 is 0 Å². The zero-order chi connectivity index (χ0) is 18.6. The Labute approximate surface area is 160 Å². The Kier molecular flexibility index (Phi) is 4.06. The zero-order valence-electron chi connectivity index (χ0n) is 16.2. The number of aromatic amines is 1. The number of hydrogen-bond acceptors (Lipinski definition) is 3. The van der Waals surface area contributed by atoms with Crippen LogP contribution in [-0.4, -0.2) is 58.0 Å². The van der Waals surface area contributed by atoms with E-state index in [1.165, 1.54) is 19.3 Å². The van der Waals surface area contributed by atoms with E-state index in [1.54, 1.807) is 0 Å². The van der Waals surface area contributed by atoms with Gasteiger partial charge in [-0.25, -0.2) is 0 Å². The third-order valence-corrected chi connectivity index (χ3v) is 7.58. The summed E-state index contributed by atoms with van der Waals surface area (Å²) in [6.45, 7) is 4.60. The molecule has 1 N–H and O–H groups in total. The van der Waals surface area contributed by atoms with Crippen LogP contribution >= 0.6 is 0 Å². The highest BCUT2D eigenvalue weighted by molar-refractivity contribution is 5.92. The van der Waals surface area contributed by atoms with Crippen LogP contribution in [-0.2, 0) is 11.2 Å². The first-order valence-electron chi connectivity index (χ1n) is 10.7. The third kappa shape index (κ3) is 2.88. The molecule has 4 saturated carbocycles. The minimum atomic E-state index is -0.0703. The lowest BCUT2D eigenvalue weighted by molar-refractivity contribution is -0.159. The van der Waals surface area contributed by atoms with Crippen molar-refractivity contribution in [1.29, 1.82) is 0 Å². The predicted octanol–water partition coefficient (Wildman–Crippen LogP) is 2.47. The molecule has 6 heteroatoms. The van der Waals surface area contributed by atoms with Gasteiger partial charge in [-0.1, -0.05) is 6.92 Å². The first-order valence-corrected chi connectivity index (χ1v) is 10.7. The maximum absolute atomic E-state index is 13.4. The molecule has 6 rings (SSSR count). The van der Waals surface area contributed by atoms with Crippen molar-refractivity contribution in [3.63, 3.8) is 0 Å². The smallest absolute Gasteiger partial charge is 0.274 e. The van der Waals surface area contributed by atoms with Crippen LogP contribution in [0.25, 0.3) is 0 Å². The van der Waals surface area contributed by atoms with Crippen LogP contribution in [0.4, 0.5) is 0 Å². The average molecular weight is 370 g/mol. The molecule has 146 valence electrons. The fourth-order valence-electron chi connectivity index (χ4n) is 6.63. The lowest BCUT2D eigenvalue weighted by Crippen LogP contribution is -2.58. The Morgan fingerprint density at radius 3 is 2.11 bits per heavy atom. The van der Waals surface area contributed by atoms with Crippen molar-refractivity contribution in [2.24, 2.45) is 23.2 Å². The fraction of sp³-hybridized carbons (Fsp3) is 0.762. The number of aromatic nitrogens is 2. The van der Waals surface area contributed by atoms with Crippen LogP contribution in [0, 0.1) is 23.2 Å². The number of hydrogen-bond donors (Lipinski definition) is 1. The standard InChI is InChI=1S/C21H30N4O2/c1-2-17-10-18(23-22-17)19(26)24-3-5-25(6-4-24)20(27)21-11-14-7-15(12-21)9-16(8-14)13-21/h10,14-16H,2-9,11-13H2,1H3,(H,22,23). The summed E-state index contributed by atoms with van der Waals surface area (Å²) in [5, 5.41) is 7.06. The highest BCUT2D eigenvalue weighted by Crippen LogP contribution is 2.60. The Morgan fingerprint density at radius 1 is 1.04 bits per heavy atom. The van der Waals surface area contributed by atoms with Crippen molar-refractivity contribution >= 4 is 11.8 Å². The van der Waals surface area contributed by atoms with Gasteiger partial charge in [-0.05, 0) is 68.8 Å². The minimum absolute atomic E-state index is 0.0205. The van der Waals surface area contributed by atoms with Crippen LogP contribution in [0.15, 0.2) is 6.07 Å². The van der Waals surface area contributed by atoms with Gasteiger partial charge in [-0.15, -0.1) is 0 Å². The van der Waals surface area contributed by atoms with Gasteiger partial charge in [-0.2, -0.15) is 5.10 Å². The molecule has 4 aliphatic carbocycles. The molecule has 0 radical (unpaired) electrons. The summed E-state index contributed by atoms with van der Waals surface area (Å²) in [7, 11) is 0. The molecule has 0 unspecified atom stereocenters. The van der Waals surface area contributed by atoms with Crippen LogP contribution in [0.2, 0.25) is 0 Å². The first-order chi connectivity index (χ1) is 13.1. The van der Waals surface area contributed by atoms with Gasteiger partial charge in [0.05, 0.1) is 5.41 Å². The summed E-state index contributed by atoms with van der Waals surface area (Å²) in [5.41, 5.74) is 1.40. The van der Waals surface area contributed by atoms with E-state index < -0.39 is 0 Å². The molecule has 27 heavy (non-hydrogen) atoms. The van der Waals surface area contributed by atoms with Gasteiger partial charge >= 0.3 is 0 Å². The molecular weight excluding hydrogens is 340 g/mol. The molecule has 1 aliphatic heterocycles.